The molecular weight excluding hydrogens is 306 g/mol. The van der Waals surface area contributed by atoms with Crippen LogP contribution in [-0.4, -0.2) is 25.1 Å². The zero-order chi connectivity index (χ0) is 17.5. The summed E-state index contributed by atoms with van der Waals surface area (Å²) in [6, 6.07) is 9.13. The predicted octanol–water partition coefficient (Wildman–Crippen LogP) is 3.83. The van der Waals surface area contributed by atoms with Crippen LogP contribution in [0.25, 0.3) is 0 Å². The number of pyridine rings is 1. The van der Waals surface area contributed by atoms with Crippen LogP contribution in [0.4, 0.5) is 17.2 Å². The van der Waals surface area contributed by atoms with E-state index in [0.717, 1.165) is 17.1 Å². The summed E-state index contributed by atoms with van der Waals surface area (Å²) in [6.45, 7) is 4.00. The Kier molecular flexibility index (Phi) is 6.01. The number of nitrogens with one attached hydrogen (secondary N) is 2. The number of benzene rings is 1. The molecule has 6 nitrogen and oxygen atoms in total. The second-order valence-electron chi connectivity index (χ2n) is 5.77. The van der Waals surface area contributed by atoms with Crippen molar-refractivity contribution in [2.45, 2.75) is 20.3 Å². The minimum absolute atomic E-state index is 0.0324. The van der Waals surface area contributed by atoms with E-state index in [2.05, 4.69) is 15.6 Å². The fourth-order valence-electron chi connectivity index (χ4n) is 2.16. The molecule has 0 fully saturated rings. The number of hydrogen-bond donors (Lipinski definition) is 2. The third-order valence-electron chi connectivity index (χ3n) is 3.31. The Labute approximate surface area is 142 Å². The van der Waals surface area contributed by atoms with Crippen LogP contribution in [0.5, 0.6) is 11.5 Å². The summed E-state index contributed by atoms with van der Waals surface area (Å²) in [5, 5.41) is 6.01. The van der Waals surface area contributed by atoms with Crippen LogP contribution in [0.2, 0.25) is 0 Å². The van der Waals surface area contributed by atoms with Crippen molar-refractivity contribution in [3.8, 4) is 11.5 Å². The third-order valence-corrected chi connectivity index (χ3v) is 3.31. The van der Waals surface area contributed by atoms with E-state index >= 15 is 0 Å². The lowest BCUT2D eigenvalue weighted by Crippen LogP contribution is -2.14. The normalized spacial score (nSPS) is 10.4. The molecule has 0 bridgehead atoms. The molecule has 1 aromatic heterocycles. The summed E-state index contributed by atoms with van der Waals surface area (Å²) >= 11 is 0. The second kappa shape index (κ2) is 8.19. The first-order valence-electron chi connectivity index (χ1n) is 7.76. The molecule has 0 radical (unpaired) electrons. The van der Waals surface area contributed by atoms with E-state index in [1.165, 1.54) is 0 Å². The van der Waals surface area contributed by atoms with Gasteiger partial charge in [-0.05, 0) is 30.2 Å². The summed E-state index contributed by atoms with van der Waals surface area (Å²) in [7, 11) is 3.21. The van der Waals surface area contributed by atoms with Gasteiger partial charge in [0, 0.05) is 12.5 Å². The Hall–Kier alpha value is -2.76. The van der Waals surface area contributed by atoms with Crippen molar-refractivity contribution in [2.24, 2.45) is 5.92 Å². The van der Waals surface area contributed by atoms with Crippen LogP contribution < -0.4 is 20.1 Å². The molecule has 0 atom stereocenters. The van der Waals surface area contributed by atoms with Crippen molar-refractivity contribution in [1.29, 1.82) is 0 Å². The maximum atomic E-state index is 11.7. The van der Waals surface area contributed by atoms with Gasteiger partial charge in [0.2, 0.25) is 5.91 Å². The maximum absolute atomic E-state index is 11.7. The first-order chi connectivity index (χ1) is 11.5. The zero-order valence-electron chi connectivity index (χ0n) is 14.4. The minimum Gasteiger partial charge on any atom is -0.497 e. The van der Waals surface area contributed by atoms with Gasteiger partial charge in [0.15, 0.2) is 0 Å². The average Bonchev–Trinajstić information content (AvgIpc) is 2.56. The molecule has 6 heteroatoms. The highest BCUT2D eigenvalue weighted by Gasteiger charge is 2.08. The average molecular weight is 329 g/mol. The first-order valence-corrected chi connectivity index (χ1v) is 7.76. The molecule has 0 aliphatic carbocycles. The van der Waals surface area contributed by atoms with Crippen LogP contribution in [-0.2, 0) is 4.79 Å². The van der Waals surface area contributed by atoms with E-state index in [0.29, 0.717) is 23.9 Å². The van der Waals surface area contributed by atoms with Gasteiger partial charge in [0.25, 0.3) is 0 Å². The van der Waals surface area contributed by atoms with E-state index in [1.807, 2.05) is 32.0 Å². The highest BCUT2D eigenvalue weighted by molar-refractivity contribution is 5.90. The molecule has 1 amide bonds. The number of carbonyl (C=O) groups excluding carboxylic acids is 1. The fraction of sp³-hybridized carbons (Fsp3) is 0.333. The quantitative estimate of drug-likeness (QED) is 0.808. The van der Waals surface area contributed by atoms with Crippen LogP contribution in [0.3, 0.4) is 0 Å². The van der Waals surface area contributed by atoms with Crippen molar-refractivity contribution in [3.63, 3.8) is 0 Å². The lowest BCUT2D eigenvalue weighted by Gasteiger charge is -2.13. The highest BCUT2D eigenvalue weighted by Crippen LogP contribution is 2.31. The highest BCUT2D eigenvalue weighted by atomic mass is 16.5. The smallest absolute Gasteiger partial charge is 0.225 e. The number of amides is 1. The molecule has 24 heavy (non-hydrogen) atoms. The monoisotopic (exact) mass is 329 g/mol. The number of ether oxygens (including phenoxy) is 2. The van der Waals surface area contributed by atoms with Gasteiger partial charge >= 0.3 is 0 Å². The van der Waals surface area contributed by atoms with E-state index in [4.69, 9.17) is 9.47 Å². The number of rotatable bonds is 7. The Morgan fingerprint density at radius 2 is 1.96 bits per heavy atom. The van der Waals surface area contributed by atoms with Gasteiger partial charge in [0.1, 0.15) is 17.3 Å². The van der Waals surface area contributed by atoms with Crippen LogP contribution in [0.15, 0.2) is 36.5 Å². The molecule has 0 saturated heterocycles. The SMILES string of the molecule is COc1ccc(Nc2ccc(NC(=O)CC(C)C)nc2)c(OC)c1. The van der Waals surface area contributed by atoms with Gasteiger partial charge in [-0.15, -0.1) is 0 Å². The van der Waals surface area contributed by atoms with Crippen molar-refractivity contribution in [3.05, 3.63) is 36.5 Å². The van der Waals surface area contributed by atoms with E-state index in [1.54, 1.807) is 32.5 Å². The molecular formula is C18H23N3O3. The lowest BCUT2D eigenvalue weighted by molar-refractivity contribution is -0.116. The molecule has 0 spiro atoms. The molecule has 0 saturated carbocycles. The molecule has 2 rings (SSSR count). The summed E-state index contributed by atoms with van der Waals surface area (Å²) in [5.74, 6) is 2.21. The number of methoxy groups -OCH3 is 2. The van der Waals surface area contributed by atoms with Crippen molar-refractivity contribution < 1.29 is 14.3 Å². The predicted molar refractivity (Wildman–Crippen MR) is 95.2 cm³/mol. The van der Waals surface area contributed by atoms with Gasteiger partial charge in [-0.1, -0.05) is 13.8 Å². The largest absolute Gasteiger partial charge is 0.497 e. The van der Waals surface area contributed by atoms with E-state index in [9.17, 15) is 4.79 Å². The van der Waals surface area contributed by atoms with Crippen molar-refractivity contribution in [1.82, 2.24) is 4.98 Å². The Balaban J connectivity index is 2.05. The summed E-state index contributed by atoms with van der Waals surface area (Å²) in [6.07, 6.45) is 2.14. The molecule has 0 aliphatic rings. The summed E-state index contributed by atoms with van der Waals surface area (Å²) in [4.78, 5) is 16.0. The molecule has 2 aromatic rings. The van der Waals surface area contributed by atoms with Crippen LogP contribution >= 0.6 is 0 Å². The topological polar surface area (TPSA) is 72.5 Å². The molecule has 0 aliphatic heterocycles. The Morgan fingerprint density at radius 1 is 1.17 bits per heavy atom. The molecule has 1 heterocycles. The number of aromatic nitrogens is 1. The fourth-order valence-corrected chi connectivity index (χ4v) is 2.16. The molecule has 1 aromatic carbocycles. The Bertz CT molecular complexity index is 684. The Morgan fingerprint density at radius 3 is 2.54 bits per heavy atom. The standard InChI is InChI=1S/C18H23N3O3/c1-12(2)9-18(22)21-17-8-5-13(11-19-17)20-15-7-6-14(23-3)10-16(15)24-4/h5-8,10-12,20H,9H2,1-4H3,(H,19,21,22). The van der Waals surface area contributed by atoms with Crippen molar-refractivity contribution >= 4 is 23.1 Å². The van der Waals surface area contributed by atoms with E-state index < -0.39 is 0 Å². The van der Waals surface area contributed by atoms with Gasteiger partial charge in [-0.3, -0.25) is 4.79 Å². The minimum atomic E-state index is -0.0324. The third kappa shape index (κ3) is 4.87. The number of hydrogen-bond acceptors (Lipinski definition) is 5. The number of carbonyl (C=O) groups is 1. The number of anilines is 3. The molecule has 128 valence electrons. The van der Waals surface area contributed by atoms with Crippen LogP contribution in [0.1, 0.15) is 20.3 Å². The van der Waals surface area contributed by atoms with E-state index in [-0.39, 0.29) is 5.91 Å². The first kappa shape index (κ1) is 17.6. The lowest BCUT2D eigenvalue weighted by atomic mass is 10.1. The summed E-state index contributed by atoms with van der Waals surface area (Å²) in [5.41, 5.74) is 1.59. The summed E-state index contributed by atoms with van der Waals surface area (Å²) < 4.78 is 10.5. The molecule has 2 N–H and O–H groups in total. The molecule has 0 unspecified atom stereocenters. The zero-order valence-corrected chi connectivity index (χ0v) is 14.4. The maximum Gasteiger partial charge on any atom is 0.225 e. The van der Waals surface area contributed by atoms with Gasteiger partial charge < -0.3 is 20.1 Å². The second-order valence-corrected chi connectivity index (χ2v) is 5.77. The number of nitrogens with zero attached hydrogens (tertiary/aromatic N) is 1. The van der Waals surface area contributed by atoms with Crippen LogP contribution in [0, 0.1) is 5.92 Å². The van der Waals surface area contributed by atoms with Gasteiger partial charge in [0.05, 0.1) is 31.8 Å². The van der Waals surface area contributed by atoms with Gasteiger partial charge in [-0.2, -0.15) is 0 Å². The van der Waals surface area contributed by atoms with Crippen molar-refractivity contribution in [2.75, 3.05) is 24.9 Å². The van der Waals surface area contributed by atoms with Gasteiger partial charge in [-0.25, -0.2) is 4.98 Å².